The third-order valence-corrected chi connectivity index (χ3v) is 4.58. The molecule has 1 unspecified atom stereocenters. The summed E-state index contributed by atoms with van der Waals surface area (Å²) in [5.74, 6) is 0. The molecule has 0 N–H and O–H groups in total. The van der Waals surface area contributed by atoms with Gasteiger partial charge >= 0.3 is 0 Å². The predicted molar refractivity (Wildman–Crippen MR) is 87.6 cm³/mol. The first-order valence-electron chi connectivity index (χ1n) is 8.17. The van der Waals surface area contributed by atoms with E-state index in [2.05, 4.69) is 52.3 Å². The maximum atomic E-state index is 4.93. The van der Waals surface area contributed by atoms with Crippen LogP contribution >= 0.6 is 0 Å². The molecule has 1 atom stereocenters. The van der Waals surface area contributed by atoms with Crippen LogP contribution < -0.4 is 0 Å². The van der Waals surface area contributed by atoms with Crippen LogP contribution in [0, 0.1) is 0 Å². The summed E-state index contributed by atoms with van der Waals surface area (Å²) >= 11 is 0. The average molecular weight is 299 g/mol. The van der Waals surface area contributed by atoms with E-state index in [-0.39, 0.29) is 0 Å². The van der Waals surface area contributed by atoms with Gasteiger partial charge < -0.3 is 9.42 Å². The Kier molecular flexibility index (Phi) is 5.24. The van der Waals surface area contributed by atoms with Crippen molar-refractivity contribution in [2.24, 2.45) is 0 Å². The Morgan fingerprint density at radius 3 is 2.91 bits per heavy atom. The molecule has 1 aliphatic heterocycles. The summed E-state index contributed by atoms with van der Waals surface area (Å²) in [4.78, 5) is 5.01. The molecular weight excluding hydrogens is 274 g/mol. The Labute approximate surface area is 132 Å². The number of benzene rings is 1. The lowest BCUT2D eigenvalue weighted by atomic mass is 10.0. The molecule has 0 saturated carbocycles. The fraction of sp³-hybridized carbons (Fsp3) is 0.500. The smallest absolute Gasteiger partial charge is 0.124 e. The molecule has 118 valence electrons. The molecule has 4 nitrogen and oxygen atoms in total. The number of hydrogen-bond donors (Lipinski definition) is 0. The summed E-state index contributed by atoms with van der Waals surface area (Å²) in [6.07, 6.45) is 5.33. The summed E-state index contributed by atoms with van der Waals surface area (Å²) in [5.41, 5.74) is 2.46. The van der Waals surface area contributed by atoms with Gasteiger partial charge in [-0.2, -0.15) is 0 Å². The van der Waals surface area contributed by atoms with Crippen molar-refractivity contribution in [3.05, 3.63) is 53.9 Å². The Morgan fingerprint density at radius 2 is 2.14 bits per heavy atom. The van der Waals surface area contributed by atoms with Gasteiger partial charge in [0.2, 0.25) is 0 Å². The summed E-state index contributed by atoms with van der Waals surface area (Å²) < 4.78 is 4.93. The van der Waals surface area contributed by atoms with Gasteiger partial charge in [0.05, 0.1) is 5.69 Å². The zero-order chi connectivity index (χ0) is 15.2. The molecule has 22 heavy (non-hydrogen) atoms. The molecule has 0 spiro atoms. The van der Waals surface area contributed by atoms with Crippen molar-refractivity contribution in [1.29, 1.82) is 0 Å². The van der Waals surface area contributed by atoms with Crippen LogP contribution in [0.1, 0.15) is 24.1 Å². The van der Waals surface area contributed by atoms with Crippen LogP contribution in [0.25, 0.3) is 0 Å². The summed E-state index contributed by atoms with van der Waals surface area (Å²) in [6, 6.07) is 13.4. The number of likely N-dealkylation sites (N-methyl/N-ethyl adjacent to an activating group) is 1. The molecule has 1 aliphatic rings. The molecule has 0 bridgehead atoms. The van der Waals surface area contributed by atoms with E-state index in [1.807, 2.05) is 6.07 Å². The summed E-state index contributed by atoms with van der Waals surface area (Å²) in [6.45, 7) is 4.31. The number of likely N-dealkylation sites (tertiary alicyclic amines) is 1. The second kappa shape index (κ2) is 7.56. The minimum atomic E-state index is 0.643. The molecule has 1 fully saturated rings. The van der Waals surface area contributed by atoms with Gasteiger partial charge in [-0.15, -0.1) is 0 Å². The van der Waals surface area contributed by atoms with Crippen molar-refractivity contribution in [1.82, 2.24) is 15.0 Å². The number of hydrogen-bond acceptors (Lipinski definition) is 4. The second-order valence-electron chi connectivity index (χ2n) is 6.24. The quantitative estimate of drug-likeness (QED) is 0.821. The largest absolute Gasteiger partial charge is 0.364 e. The Hall–Kier alpha value is -1.65. The van der Waals surface area contributed by atoms with E-state index in [0.29, 0.717) is 6.04 Å². The second-order valence-corrected chi connectivity index (χ2v) is 6.24. The van der Waals surface area contributed by atoms with E-state index >= 15 is 0 Å². The van der Waals surface area contributed by atoms with Crippen LogP contribution in [-0.2, 0) is 13.0 Å². The molecule has 1 aromatic carbocycles. The zero-order valence-electron chi connectivity index (χ0n) is 13.3. The van der Waals surface area contributed by atoms with Gasteiger partial charge in [-0.1, -0.05) is 35.5 Å². The lowest BCUT2D eigenvalue weighted by Gasteiger charge is -2.37. The van der Waals surface area contributed by atoms with Crippen molar-refractivity contribution >= 4 is 0 Å². The molecule has 0 amide bonds. The first kappa shape index (κ1) is 15.3. The number of rotatable bonds is 6. The van der Waals surface area contributed by atoms with Gasteiger partial charge in [-0.05, 0) is 38.4 Å². The molecule has 3 rings (SSSR count). The van der Waals surface area contributed by atoms with Crippen LogP contribution in [0.5, 0.6) is 0 Å². The van der Waals surface area contributed by atoms with E-state index in [9.17, 15) is 0 Å². The van der Waals surface area contributed by atoms with Gasteiger partial charge in [-0.3, -0.25) is 4.90 Å². The average Bonchev–Trinajstić information content (AvgIpc) is 3.07. The normalized spacial score (nSPS) is 19.6. The molecule has 1 saturated heterocycles. The van der Waals surface area contributed by atoms with Crippen molar-refractivity contribution in [2.75, 3.05) is 26.7 Å². The highest BCUT2D eigenvalue weighted by Gasteiger charge is 2.23. The highest BCUT2D eigenvalue weighted by atomic mass is 16.5. The van der Waals surface area contributed by atoms with E-state index in [0.717, 1.165) is 38.3 Å². The first-order valence-corrected chi connectivity index (χ1v) is 8.17. The number of nitrogens with zero attached hydrogens (tertiary/aromatic N) is 3. The van der Waals surface area contributed by atoms with Crippen LogP contribution in [-0.4, -0.2) is 47.7 Å². The van der Waals surface area contributed by atoms with E-state index in [4.69, 9.17) is 4.52 Å². The SMILES string of the molecule is CN(CCc1ccccc1)C1CCCN(Cc2ccon2)C1. The zero-order valence-corrected chi connectivity index (χ0v) is 13.3. The number of piperidine rings is 1. The van der Waals surface area contributed by atoms with E-state index in [1.165, 1.54) is 18.4 Å². The maximum Gasteiger partial charge on any atom is 0.124 e. The molecular formula is C18H25N3O. The van der Waals surface area contributed by atoms with E-state index < -0.39 is 0 Å². The van der Waals surface area contributed by atoms with E-state index in [1.54, 1.807) is 6.26 Å². The predicted octanol–water partition coefficient (Wildman–Crippen LogP) is 2.81. The highest BCUT2D eigenvalue weighted by molar-refractivity contribution is 5.14. The lowest BCUT2D eigenvalue weighted by Crippen LogP contribution is -2.46. The fourth-order valence-electron chi connectivity index (χ4n) is 3.22. The van der Waals surface area contributed by atoms with Crippen LogP contribution in [0.2, 0.25) is 0 Å². The number of aromatic nitrogens is 1. The minimum absolute atomic E-state index is 0.643. The van der Waals surface area contributed by atoms with Gasteiger partial charge in [0.1, 0.15) is 6.26 Å². The van der Waals surface area contributed by atoms with Gasteiger partial charge in [0, 0.05) is 31.7 Å². The molecule has 4 heteroatoms. The van der Waals surface area contributed by atoms with Crippen molar-refractivity contribution in [2.45, 2.75) is 31.8 Å². The summed E-state index contributed by atoms with van der Waals surface area (Å²) in [5, 5.41) is 4.03. The highest BCUT2D eigenvalue weighted by Crippen LogP contribution is 2.17. The third kappa shape index (κ3) is 4.18. The molecule has 1 aromatic heterocycles. The monoisotopic (exact) mass is 299 g/mol. The summed E-state index contributed by atoms with van der Waals surface area (Å²) in [7, 11) is 2.26. The Balaban J connectivity index is 1.48. The van der Waals surface area contributed by atoms with Crippen LogP contribution in [0.3, 0.4) is 0 Å². The first-order chi connectivity index (χ1) is 10.8. The standard InChI is InChI=1S/C18H25N3O/c1-20(12-9-16-6-3-2-4-7-16)18-8-5-11-21(15-18)14-17-10-13-22-19-17/h2-4,6-7,10,13,18H,5,8-9,11-12,14-15H2,1H3. The Morgan fingerprint density at radius 1 is 1.27 bits per heavy atom. The Bertz CT molecular complexity index is 541. The van der Waals surface area contributed by atoms with Crippen molar-refractivity contribution in [3.8, 4) is 0 Å². The fourth-order valence-corrected chi connectivity index (χ4v) is 3.22. The van der Waals surface area contributed by atoms with Gasteiger partial charge in [0.15, 0.2) is 0 Å². The van der Waals surface area contributed by atoms with Crippen molar-refractivity contribution < 1.29 is 4.52 Å². The van der Waals surface area contributed by atoms with Gasteiger partial charge in [0.25, 0.3) is 0 Å². The molecule has 0 radical (unpaired) electrons. The van der Waals surface area contributed by atoms with Crippen LogP contribution in [0.4, 0.5) is 0 Å². The molecule has 2 heterocycles. The van der Waals surface area contributed by atoms with Crippen molar-refractivity contribution in [3.63, 3.8) is 0 Å². The third-order valence-electron chi connectivity index (χ3n) is 4.58. The topological polar surface area (TPSA) is 32.5 Å². The maximum absolute atomic E-state index is 4.93. The molecule has 2 aromatic rings. The van der Waals surface area contributed by atoms with Crippen LogP contribution in [0.15, 0.2) is 47.2 Å². The van der Waals surface area contributed by atoms with Gasteiger partial charge in [-0.25, -0.2) is 0 Å². The molecule has 0 aliphatic carbocycles. The lowest BCUT2D eigenvalue weighted by molar-refractivity contribution is 0.110. The minimum Gasteiger partial charge on any atom is -0.364 e.